The monoisotopic (exact) mass is 343 g/mol. The van der Waals surface area contributed by atoms with Gasteiger partial charge in [0.1, 0.15) is 18.2 Å². The van der Waals surface area contributed by atoms with E-state index in [0.717, 1.165) is 18.2 Å². The van der Waals surface area contributed by atoms with Crippen molar-refractivity contribution < 1.29 is 18.4 Å². The molecule has 0 radical (unpaired) electrons. The number of nitrogens with zero attached hydrogens (tertiary/aromatic N) is 1. The third kappa shape index (κ3) is 3.30. The molecule has 0 amide bonds. The van der Waals surface area contributed by atoms with E-state index in [1.54, 1.807) is 0 Å². The van der Waals surface area contributed by atoms with Crippen LogP contribution in [0.4, 0.5) is 14.5 Å². The van der Waals surface area contributed by atoms with Gasteiger partial charge in [-0.25, -0.2) is 8.78 Å². The van der Waals surface area contributed by atoms with Crippen LogP contribution in [0.15, 0.2) is 40.9 Å². The maximum absolute atomic E-state index is 13.5. The molecular formula is C13H8BrF2NO3. The summed E-state index contributed by atoms with van der Waals surface area (Å²) >= 11 is 3.18. The Morgan fingerprint density at radius 2 is 1.95 bits per heavy atom. The van der Waals surface area contributed by atoms with Gasteiger partial charge in [0.05, 0.1) is 4.92 Å². The smallest absolute Gasteiger partial charge is 0.311 e. The van der Waals surface area contributed by atoms with E-state index in [4.69, 9.17) is 4.74 Å². The first-order chi connectivity index (χ1) is 9.47. The van der Waals surface area contributed by atoms with Crippen LogP contribution in [-0.2, 0) is 6.61 Å². The van der Waals surface area contributed by atoms with Gasteiger partial charge in [-0.1, -0.05) is 15.9 Å². The Hall–Kier alpha value is -2.02. The average Bonchev–Trinajstić information content (AvgIpc) is 2.39. The van der Waals surface area contributed by atoms with Crippen LogP contribution in [0.2, 0.25) is 0 Å². The lowest BCUT2D eigenvalue weighted by molar-refractivity contribution is -0.386. The predicted octanol–water partition coefficient (Wildman–Crippen LogP) is 4.21. The number of rotatable bonds is 4. The Morgan fingerprint density at radius 3 is 2.65 bits per heavy atom. The van der Waals surface area contributed by atoms with Gasteiger partial charge in [0.2, 0.25) is 0 Å². The summed E-state index contributed by atoms with van der Waals surface area (Å²) in [7, 11) is 0. The highest BCUT2D eigenvalue weighted by Gasteiger charge is 2.16. The fourth-order valence-electron chi connectivity index (χ4n) is 1.56. The normalized spacial score (nSPS) is 10.3. The Bertz CT molecular complexity index is 664. The van der Waals surface area contributed by atoms with Crippen molar-refractivity contribution in [2.45, 2.75) is 6.61 Å². The van der Waals surface area contributed by atoms with Gasteiger partial charge < -0.3 is 4.74 Å². The zero-order valence-corrected chi connectivity index (χ0v) is 11.6. The van der Waals surface area contributed by atoms with Crippen LogP contribution in [0, 0.1) is 21.7 Å². The topological polar surface area (TPSA) is 52.4 Å². The highest BCUT2D eigenvalue weighted by atomic mass is 79.9. The predicted molar refractivity (Wildman–Crippen MR) is 71.5 cm³/mol. The first-order valence-corrected chi connectivity index (χ1v) is 6.27. The number of hydrogen-bond donors (Lipinski definition) is 0. The average molecular weight is 344 g/mol. The number of benzene rings is 2. The SMILES string of the molecule is O=[N+]([O-])c1ccc(F)cc1OCc1cc(Br)ccc1F. The molecule has 7 heteroatoms. The molecule has 0 spiro atoms. The second kappa shape index (κ2) is 5.96. The van der Waals surface area contributed by atoms with Crippen LogP contribution < -0.4 is 4.74 Å². The van der Waals surface area contributed by atoms with E-state index in [1.165, 1.54) is 18.2 Å². The molecule has 0 N–H and O–H groups in total. The summed E-state index contributed by atoms with van der Waals surface area (Å²) in [5, 5.41) is 10.8. The molecule has 0 aliphatic heterocycles. The molecule has 104 valence electrons. The van der Waals surface area contributed by atoms with E-state index in [-0.39, 0.29) is 23.6 Å². The van der Waals surface area contributed by atoms with Gasteiger partial charge in [-0.2, -0.15) is 0 Å². The molecule has 0 saturated carbocycles. The number of ether oxygens (including phenoxy) is 1. The summed E-state index contributed by atoms with van der Waals surface area (Å²) in [5.41, 5.74) is -0.167. The molecule has 0 unspecified atom stereocenters. The quantitative estimate of drug-likeness (QED) is 0.617. The molecule has 0 bridgehead atoms. The molecule has 4 nitrogen and oxygen atoms in total. The summed E-state index contributed by atoms with van der Waals surface area (Å²) in [6.45, 7) is -0.241. The van der Waals surface area contributed by atoms with E-state index >= 15 is 0 Å². The van der Waals surface area contributed by atoms with E-state index in [9.17, 15) is 18.9 Å². The van der Waals surface area contributed by atoms with Gasteiger partial charge in [-0.15, -0.1) is 0 Å². The zero-order chi connectivity index (χ0) is 14.7. The molecule has 0 atom stereocenters. The number of halogens is 3. The van der Waals surface area contributed by atoms with Gasteiger partial charge in [0, 0.05) is 22.2 Å². The number of nitro groups is 1. The Balaban J connectivity index is 2.24. The minimum Gasteiger partial charge on any atom is -0.482 e. The van der Waals surface area contributed by atoms with Crippen molar-refractivity contribution in [1.82, 2.24) is 0 Å². The molecule has 2 aromatic carbocycles. The van der Waals surface area contributed by atoms with E-state index in [1.807, 2.05) is 0 Å². The fraction of sp³-hybridized carbons (Fsp3) is 0.0769. The molecule has 0 heterocycles. The van der Waals surface area contributed by atoms with E-state index in [2.05, 4.69) is 15.9 Å². The Morgan fingerprint density at radius 1 is 1.20 bits per heavy atom. The maximum Gasteiger partial charge on any atom is 0.311 e. The summed E-state index contributed by atoms with van der Waals surface area (Å²) in [6.07, 6.45) is 0. The van der Waals surface area contributed by atoms with Crippen molar-refractivity contribution in [3.05, 3.63) is 68.2 Å². The Kier molecular flexibility index (Phi) is 4.29. The minimum atomic E-state index is -0.688. The molecule has 0 saturated heterocycles. The molecule has 20 heavy (non-hydrogen) atoms. The van der Waals surface area contributed by atoms with Gasteiger partial charge >= 0.3 is 5.69 Å². The van der Waals surface area contributed by atoms with Crippen LogP contribution in [0.1, 0.15) is 5.56 Å². The van der Waals surface area contributed by atoms with Crippen molar-refractivity contribution in [3.8, 4) is 5.75 Å². The van der Waals surface area contributed by atoms with Crippen LogP contribution in [0.25, 0.3) is 0 Å². The molecule has 0 aromatic heterocycles. The molecule has 0 fully saturated rings. The van der Waals surface area contributed by atoms with E-state index < -0.39 is 16.6 Å². The first-order valence-electron chi connectivity index (χ1n) is 5.48. The zero-order valence-electron chi connectivity index (χ0n) is 9.98. The minimum absolute atomic E-state index is 0.206. The van der Waals surface area contributed by atoms with Crippen LogP contribution in [0.5, 0.6) is 5.75 Å². The Labute approximate surface area is 121 Å². The second-order valence-corrected chi connectivity index (χ2v) is 4.81. The van der Waals surface area contributed by atoms with Crippen LogP contribution >= 0.6 is 15.9 Å². The third-order valence-electron chi connectivity index (χ3n) is 2.51. The van der Waals surface area contributed by atoms with Gasteiger partial charge in [-0.05, 0) is 24.3 Å². The van der Waals surface area contributed by atoms with Crippen LogP contribution in [-0.4, -0.2) is 4.92 Å². The molecule has 0 aliphatic rings. The first kappa shape index (κ1) is 14.4. The van der Waals surface area contributed by atoms with Gasteiger partial charge in [-0.3, -0.25) is 10.1 Å². The summed E-state index contributed by atoms with van der Waals surface area (Å²) < 4.78 is 32.4. The van der Waals surface area contributed by atoms with Crippen LogP contribution in [0.3, 0.4) is 0 Å². The van der Waals surface area contributed by atoms with Crippen molar-refractivity contribution in [3.63, 3.8) is 0 Å². The summed E-state index contributed by atoms with van der Waals surface area (Å²) in [6, 6.07) is 7.10. The van der Waals surface area contributed by atoms with E-state index in [0.29, 0.717) is 4.47 Å². The number of nitro benzene ring substituents is 1. The lowest BCUT2D eigenvalue weighted by Crippen LogP contribution is -2.01. The van der Waals surface area contributed by atoms with Gasteiger partial charge in [0.15, 0.2) is 5.75 Å². The molecule has 2 aromatic rings. The fourth-order valence-corrected chi connectivity index (χ4v) is 1.97. The van der Waals surface area contributed by atoms with Crippen molar-refractivity contribution in [1.29, 1.82) is 0 Å². The molecular weight excluding hydrogens is 336 g/mol. The highest BCUT2D eigenvalue weighted by molar-refractivity contribution is 9.10. The number of hydrogen-bond acceptors (Lipinski definition) is 3. The highest BCUT2D eigenvalue weighted by Crippen LogP contribution is 2.28. The van der Waals surface area contributed by atoms with Gasteiger partial charge in [0.25, 0.3) is 0 Å². The van der Waals surface area contributed by atoms with Crippen molar-refractivity contribution >= 4 is 21.6 Å². The standard InChI is InChI=1S/C13H8BrF2NO3/c14-9-1-3-11(16)8(5-9)7-20-13-6-10(15)2-4-12(13)17(18)19/h1-6H,7H2. The van der Waals surface area contributed by atoms with Crippen molar-refractivity contribution in [2.75, 3.05) is 0 Å². The lowest BCUT2D eigenvalue weighted by atomic mass is 10.2. The van der Waals surface area contributed by atoms with Crippen molar-refractivity contribution in [2.24, 2.45) is 0 Å². The summed E-state index contributed by atoms with van der Waals surface area (Å²) in [5.74, 6) is -1.41. The maximum atomic E-state index is 13.5. The summed E-state index contributed by atoms with van der Waals surface area (Å²) in [4.78, 5) is 10.1. The molecule has 0 aliphatic carbocycles. The largest absolute Gasteiger partial charge is 0.482 e. The second-order valence-electron chi connectivity index (χ2n) is 3.89. The third-order valence-corrected chi connectivity index (χ3v) is 3.00. The lowest BCUT2D eigenvalue weighted by Gasteiger charge is -2.08. The molecule has 2 rings (SSSR count).